The third kappa shape index (κ3) is 11.0. The van der Waals surface area contributed by atoms with Crippen LogP contribution in [0.5, 0.6) is 0 Å². The Kier molecular flexibility index (Phi) is 15.5. The van der Waals surface area contributed by atoms with Gasteiger partial charge in [-0.15, -0.1) is 0 Å². The maximum absolute atomic E-state index is 4.71. The molecule has 0 aliphatic rings. The van der Waals surface area contributed by atoms with Crippen molar-refractivity contribution in [3.63, 3.8) is 0 Å². The smallest absolute Gasteiger partial charge is 0.0971 e. The molecule has 110 heavy (non-hydrogen) atoms. The molecule has 20 aromatic carbocycles. The molecule has 0 N–H and O–H groups in total. The Hall–Kier alpha value is -14.7. The van der Waals surface area contributed by atoms with Crippen molar-refractivity contribution >= 4 is 152 Å². The first kappa shape index (κ1) is 63.7. The molecule has 0 spiro atoms. The van der Waals surface area contributed by atoms with Gasteiger partial charge >= 0.3 is 0 Å². The Morgan fingerprint density at radius 3 is 0.773 bits per heavy atom. The van der Waals surface area contributed by atoms with Crippen molar-refractivity contribution < 1.29 is 0 Å². The highest BCUT2D eigenvalue weighted by Gasteiger charge is 2.18. The zero-order valence-electron chi connectivity index (χ0n) is 59.6. The fraction of sp³-hybridized carbons (Fsp3) is 0. The Bertz CT molecular complexity index is 7560. The first-order chi connectivity index (χ1) is 54.5. The number of aromatic nitrogens is 6. The molecule has 0 saturated carbocycles. The Balaban J connectivity index is 0.000000105. The van der Waals surface area contributed by atoms with Crippen LogP contribution in [0.2, 0.25) is 0 Å². The van der Waals surface area contributed by atoms with Crippen molar-refractivity contribution in [3.8, 4) is 66.8 Å². The van der Waals surface area contributed by atoms with Gasteiger partial charge < -0.3 is 0 Å². The fourth-order valence-corrected chi connectivity index (χ4v) is 16.9. The predicted molar refractivity (Wildman–Crippen MR) is 464 cm³/mol. The summed E-state index contributed by atoms with van der Waals surface area (Å²) in [6.45, 7) is 0. The quantitative estimate of drug-likeness (QED) is 0.154. The van der Waals surface area contributed by atoms with E-state index in [0.29, 0.717) is 0 Å². The molecule has 3 aromatic heterocycles. The molecule has 23 rings (SSSR count). The normalized spacial score (nSPS) is 11.6. The third-order valence-electron chi connectivity index (χ3n) is 22.2. The van der Waals surface area contributed by atoms with Crippen LogP contribution < -0.4 is 0 Å². The number of hydrogen-bond acceptors (Lipinski definition) is 6. The van der Waals surface area contributed by atoms with Gasteiger partial charge in [0, 0.05) is 69.5 Å². The van der Waals surface area contributed by atoms with Crippen LogP contribution in [0, 0.1) is 0 Å². The molecule has 6 nitrogen and oxygen atoms in total. The van der Waals surface area contributed by atoms with Crippen molar-refractivity contribution in [3.05, 3.63) is 389 Å². The van der Waals surface area contributed by atoms with Crippen LogP contribution in [0.1, 0.15) is 0 Å². The van der Waals surface area contributed by atoms with E-state index < -0.39 is 0 Å². The summed E-state index contributed by atoms with van der Waals surface area (Å²) in [7, 11) is 0. The van der Waals surface area contributed by atoms with Crippen LogP contribution >= 0.6 is 0 Å². The first-order valence-corrected chi connectivity index (χ1v) is 37.3. The second-order valence-corrected chi connectivity index (χ2v) is 28.4. The SMILES string of the molecule is c1cc(-c2ccc3c(c2)c2ccccc2c2nccnc32)cc(-c2cc3ccccc3c3ccccc23)c1.c1ccc2c(c1)cc(-c1ccc(-c3ccc4c(c3)c3ccccc3c3nccnc43)cc1)c1ccccc12.c1ccc2cc(-c3ccc(-c4ccc5c(c4)c4ccccc4c4nccnc54)cc3)ccc2c1. The van der Waals surface area contributed by atoms with Gasteiger partial charge in [-0.2, -0.15) is 0 Å². The minimum absolute atomic E-state index is 0.948. The Morgan fingerprint density at radius 1 is 0.118 bits per heavy atom. The molecule has 0 aliphatic carbocycles. The van der Waals surface area contributed by atoms with E-state index in [9.17, 15) is 0 Å². The minimum atomic E-state index is 0.948. The molecule has 0 aliphatic heterocycles. The van der Waals surface area contributed by atoms with E-state index in [1.807, 2.05) is 0 Å². The topological polar surface area (TPSA) is 77.3 Å². The van der Waals surface area contributed by atoms with Gasteiger partial charge in [0.1, 0.15) is 0 Å². The Morgan fingerprint density at radius 2 is 0.373 bits per heavy atom. The van der Waals surface area contributed by atoms with Crippen molar-refractivity contribution in [1.29, 1.82) is 0 Å². The second kappa shape index (κ2) is 26.7. The molecular weight excluding hydrogens is 1330 g/mol. The summed E-state index contributed by atoms with van der Waals surface area (Å²) in [6, 6.07) is 127. The van der Waals surface area contributed by atoms with E-state index in [1.165, 1.54) is 153 Å². The van der Waals surface area contributed by atoms with E-state index in [2.05, 4.69) is 372 Å². The summed E-state index contributed by atoms with van der Waals surface area (Å²) in [5.41, 5.74) is 20.3. The maximum atomic E-state index is 4.71. The van der Waals surface area contributed by atoms with Crippen LogP contribution in [0.25, 0.3) is 218 Å². The molecule has 3 heterocycles. The van der Waals surface area contributed by atoms with E-state index in [1.54, 1.807) is 37.2 Å². The van der Waals surface area contributed by atoms with E-state index in [4.69, 9.17) is 9.97 Å². The predicted octanol–water partition coefficient (Wildman–Crippen LogP) is 27.6. The minimum Gasteiger partial charge on any atom is -0.252 e. The van der Waals surface area contributed by atoms with Crippen LogP contribution in [0.3, 0.4) is 0 Å². The summed E-state index contributed by atoms with van der Waals surface area (Å²) >= 11 is 0. The van der Waals surface area contributed by atoms with Crippen molar-refractivity contribution in [2.24, 2.45) is 0 Å². The van der Waals surface area contributed by atoms with E-state index >= 15 is 0 Å². The zero-order chi connectivity index (χ0) is 72.6. The van der Waals surface area contributed by atoms with Crippen LogP contribution in [0.4, 0.5) is 0 Å². The fourth-order valence-electron chi connectivity index (χ4n) is 16.9. The number of rotatable bonds is 6. The third-order valence-corrected chi connectivity index (χ3v) is 22.2. The summed E-state index contributed by atoms with van der Waals surface area (Å²) in [5, 5.41) is 26.8. The summed E-state index contributed by atoms with van der Waals surface area (Å²) in [4.78, 5) is 28.0. The lowest BCUT2D eigenvalue weighted by molar-refractivity contribution is 1.31. The van der Waals surface area contributed by atoms with Gasteiger partial charge in [0.05, 0.1) is 33.1 Å². The molecule has 0 amide bonds. The standard InChI is InChI=1S/2C36H22N2.C32H20N2/c1-2-11-27-26(8-1)22-33(29-13-4-3-12-28(27)29)25-10-7-9-23(20-25)24-16-17-32-34(21-24)30-14-5-6-15-31(30)35-36(32)38-19-18-37-35;1-2-8-27-26(7-1)22-33(29-10-4-3-9-28(27)29)24-15-13-23(14-16-24)25-17-18-32-34(21-25)30-11-5-6-12-31(30)35-36(32)38-20-19-37-35;1-2-6-24-19-25(14-13-21(24)5-1)22-9-11-23(12-10-22)26-15-16-29-30(20-26)27-7-3-4-8-28(27)31-32(29)34-18-17-33-31/h2*1-22H;1-20H. The lowest BCUT2D eigenvalue weighted by Crippen LogP contribution is -1.89. The van der Waals surface area contributed by atoms with Crippen LogP contribution in [-0.2, 0) is 0 Å². The number of hydrogen-bond donors (Lipinski definition) is 0. The number of fused-ring (bicyclic) bond motifs is 25. The van der Waals surface area contributed by atoms with Gasteiger partial charge in [-0.25, -0.2) is 0 Å². The molecule has 510 valence electrons. The second-order valence-electron chi connectivity index (χ2n) is 28.4. The molecule has 0 fully saturated rings. The van der Waals surface area contributed by atoms with Gasteiger partial charge in [0.25, 0.3) is 0 Å². The molecule has 0 saturated heterocycles. The largest absolute Gasteiger partial charge is 0.252 e. The molecule has 6 heteroatoms. The lowest BCUT2D eigenvalue weighted by Gasteiger charge is -2.13. The van der Waals surface area contributed by atoms with E-state index in [0.717, 1.165) is 65.4 Å². The molecule has 23 aromatic rings. The van der Waals surface area contributed by atoms with Crippen molar-refractivity contribution in [2.75, 3.05) is 0 Å². The highest BCUT2D eigenvalue weighted by Crippen LogP contribution is 2.43. The molecular formula is C104H64N6. The highest BCUT2D eigenvalue weighted by molar-refractivity contribution is 6.26. The molecule has 0 bridgehead atoms. The molecule has 0 unspecified atom stereocenters. The van der Waals surface area contributed by atoms with Crippen LogP contribution in [0.15, 0.2) is 389 Å². The summed E-state index contributed by atoms with van der Waals surface area (Å²) < 4.78 is 0. The zero-order valence-corrected chi connectivity index (χ0v) is 59.6. The lowest BCUT2D eigenvalue weighted by atomic mass is 9.91. The monoisotopic (exact) mass is 1400 g/mol. The van der Waals surface area contributed by atoms with Gasteiger partial charge in [-0.1, -0.05) is 309 Å². The Labute approximate surface area is 633 Å². The first-order valence-electron chi connectivity index (χ1n) is 37.3. The van der Waals surface area contributed by atoms with Gasteiger partial charge in [-0.3, -0.25) is 29.9 Å². The van der Waals surface area contributed by atoms with Crippen molar-refractivity contribution in [2.45, 2.75) is 0 Å². The molecule has 0 radical (unpaired) electrons. The van der Waals surface area contributed by atoms with Crippen LogP contribution in [-0.4, -0.2) is 29.9 Å². The average Bonchev–Trinajstić information content (AvgIpc) is 0.781. The van der Waals surface area contributed by atoms with Gasteiger partial charge in [-0.05, 0) is 195 Å². The molecule has 0 atom stereocenters. The number of nitrogens with zero attached hydrogens (tertiary/aromatic N) is 6. The van der Waals surface area contributed by atoms with Gasteiger partial charge in [0.15, 0.2) is 0 Å². The number of benzene rings is 20. The maximum Gasteiger partial charge on any atom is 0.0971 e. The van der Waals surface area contributed by atoms with E-state index in [-0.39, 0.29) is 0 Å². The summed E-state index contributed by atoms with van der Waals surface area (Å²) in [5.74, 6) is 0. The van der Waals surface area contributed by atoms with Crippen molar-refractivity contribution in [1.82, 2.24) is 29.9 Å². The highest BCUT2D eigenvalue weighted by atomic mass is 14.8. The van der Waals surface area contributed by atoms with Gasteiger partial charge in [0.2, 0.25) is 0 Å². The average molecular weight is 1400 g/mol. The summed E-state index contributed by atoms with van der Waals surface area (Å²) in [6.07, 6.45) is 10.6.